The van der Waals surface area contributed by atoms with Crippen LogP contribution in [0, 0.1) is 12.7 Å². The van der Waals surface area contributed by atoms with Crippen LogP contribution < -0.4 is 5.73 Å². The van der Waals surface area contributed by atoms with Gasteiger partial charge in [-0.05, 0) is 25.0 Å². The Hall–Kier alpha value is -1.10. The molecule has 0 aliphatic rings. The second kappa shape index (κ2) is 4.82. The normalized spacial score (nSPS) is 13.9. The van der Waals surface area contributed by atoms with Gasteiger partial charge >= 0.3 is 6.18 Å². The van der Waals surface area contributed by atoms with E-state index < -0.39 is 24.5 Å². The maximum Gasteiger partial charge on any atom is 0.389 e. The highest BCUT2D eigenvalue weighted by Crippen LogP contribution is 2.27. The zero-order chi connectivity index (χ0) is 12.3. The van der Waals surface area contributed by atoms with Crippen molar-refractivity contribution in [3.05, 3.63) is 35.1 Å². The second-order valence-electron chi connectivity index (χ2n) is 3.79. The Balaban J connectivity index is 2.70. The van der Waals surface area contributed by atoms with Crippen molar-refractivity contribution in [1.82, 2.24) is 0 Å². The van der Waals surface area contributed by atoms with Crippen LogP contribution >= 0.6 is 0 Å². The minimum absolute atomic E-state index is 0.134. The van der Waals surface area contributed by atoms with Gasteiger partial charge in [-0.3, -0.25) is 0 Å². The van der Waals surface area contributed by atoms with Gasteiger partial charge in [-0.1, -0.05) is 12.1 Å². The third kappa shape index (κ3) is 3.81. The fourth-order valence-electron chi connectivity index (χ4n) is 1.41. The van der Waals surface area contributed by atoms with E-state index in [1.165, 1.54) is 12.1 Å². The molecule has 0 aromatic heterocycles. The number of hydrogen-bond donors (Lipinski definition) is 1. The molecule has 0 aliphatic heterocycles. The lowest BCUT2D eigenvalue weighted by atomic mass is 10.0. The highest BCUT2D eigenvalue weighted by molar-refractivity contribution is 5.25. The van der Waals surface area contributed by atoms with E-state index in [1.54, 1.807) is 13.0 Å². The summed E-state index contributed by atoms with van der Waals surface area (Å²) in [6.07, 6.45) is -5.55. The number of nitrogens with two attached hydrogens (primary N) is 1. The van der Waals surface area contributed by atoms with E-state index in [2.05, 4.69) is 0 Å². The Morgan fingerprint density at radius 2 is 1.94 bits per heavy atom. The van der Waals surface area contributed by atoms with Gasteiger partial charge in [0.2, 0.25) is 0 Å². The molecule has 0 aliphatic carbocycles. The van der Waals surface area contributed by atoms with E-state index >= 15 is 0 Å². The summed E-state index contributed by atoms with van der Waals surface area (Å²) in [5.41, 5.74) is 6.36. The van der Waals surface area contributed by atoms with E-state index in [0.717, 1.165) is 0 Å². The summed E-state index contributed by atoms with van der Waals surface area (Å²) in [4.78, 5) is 0. The third-order valence-electron chi connectivity index (χ3n) is 2.29. The van der Waals surface area contributed by atoms with E-state index in [-0.39, 0.29) is 12.0 Å². The van der Waals surface area contributed by atoms with Crippen molar-refractivity contribution in [2.75, 3.05) is 0 Å². The number of aryl methyl sites for hydroxylation is 1. The first kappa shape index (κ1) is 13.0. The molecule has 0 spiro atoms. The number of rotatable bonds is 3. The Labute approximate surface area is 91.3 Å². The Kier molecular flexibility index (Phi) is 3.91. The molecule has 0 saturated carbocycles. The molecule has 1 aromatic rings. The van der Waals surface area contributed by atoms with Crippen LogP contribution in [0.1, 0.15) is 30.0 Å². The fourth-order valence-corrected chi connectivity index (χ4v) is 1.41. The van der Waals surface area contributed by atoms with Crippen molar-refractivity contribution >= 4 is 0 Å². The molecule has 0 amide bonds. The van der Waals surface area contributed by atoms with Crippen molar-refractivity contribution in [3.8, 4) is 0 Å². The summed E-state index contributed by atoms with van der Waals surface area (Å²) in [5, 5.41) is 0. The highest BCUT2D eigenvalue weighted by atomic mass is 19.4. The Morgan fingerprint density at radius 3 is 2.44 bits per heavy atom. The molecule has 1 rings (SSSR count). The van der Waals surface area contributed by atoms with Gasteiger partial charge in [-0.25, -0.2) is 4.39 Å². The zero-order valence-corrected chi connectivity index (χ0v) is 8.81. The maximum atomic E-state index is 13.4. The second-order valence-corrected chi connectivity index (χ2v) is 3.79. The monoisotopic (exact) mass is 235 g/mol. The third-order valence-corrected chi connectivity index (χ3v) is 2.29. The molecule has 0 saturated heterocycles. The van der Waals surface area contributed by atoms with Gasteiger partial charge in [0.05, 0.1) is 0 Å². The predicted molar refractivity (Wildman–Crippen MR) is 53.4 cm³/mol. The lowest BCUT2D eigenvalue weighted by Crippen LogP contribution is -2.16. The van der Waals surface area contributed by atoms with Crippen LogP contribution in [0.25, 0.3) is 0 Å². The fraction of sp³-hybridized carbons (Fsp3) is 0.455. The lowest BCUT2D eigenvalue weighted by Gasteiger charge is -2.14. The number of benzene rings is 1. The summed E-state index contributed by atoms with van der Waals surface area (Å²) >= 11 is 0. The first-order chi connectivity index (χ1) is 7.29. The van der Waals surface area contributed by atoms with Crippen LogP contribution in [0.3, 0.4) is 0 Å². The average molecular weight is 235 g/mol. The molecule has 2 N–H and O–H groups in total. The van der Waals surface area contributed by atoms with Crippen LogP contribution in [-0.4, -0.2) is 6.18 Å². The first-order valence-electron chi connectivity index (χ1n) is 4.88. The van der Waals surface area contributed by atoms with Gasteiger partial charge in [-0.15, -0.1) is 0 Å². The van der Waals surface area contributed by atoms with E-state index in [0.29, 0.717) is 5.56 Å². The van der Waals surface area contributed by atoms with Gasteiger partial charge in [0.15, 0.2) is 0 Å². The number of hydrogen-bond acceptors (Lipinski definition) is 1. The zero-order valence-electron chi connectivity index (χ0n) is 8.81. The van der Waals surface area contributed by atoms with Crippen LogP contribution in [-0.2, 0) is 0 Å². The quantitative estimate of drug-likeness (QED) is 0.797. The highest BCUT2D eigenvalue weighted by Gasteiger charge is 2.28. The van der Waals surface area contributed by atoms with Crippen LogP contribution in [0.2, 0.25) is 0 Å². The summed E-state index contributed by atoms with van der Waals surface area (Å²) in [7, 11) is 0. The molecule has 0 heterocycles. The van der Waals surface area contributed by atoms with Gasteiger partial charge in [-0.2, -0.15) is 13.2 Å². The summed E-state index contributed by atoms with van der Waals surface area (Å²) < 4.78 is 49.2. The molecular weight excluding hydrogens is 222 g/mol. The van der Waals surface area contributed by atoms with E-state index in [9.17, 15) is 17.6 Å². The molecule has 90 valence electrons. The maximum absolute atomic E-state index is 13.4. The van der Waals surface area contributed by atoms with Crippen LogP contribution in [0.5, 0.6) is 0 Å². The van der Waals surface area contributed by atoms with Gasteiger partial charge in [0.25, 0.3) is 0 Å². The topological polar surface area (TPSA) is 26.0 Å². The lowest BCUT2D eigenvalue weighted by molar-refractivity contribution is -0.136. The van der Waals surface area contributed by atoms with Crippen molar-refractivity contribution < 1.29 is 17.6 Å². The smallest absolute Gasteiger partial charge is 0.324 e. The minimum Gasteiger partial charge on any atom is -0.324 e. The molecule has 1 atom stereocenters. The summed E-state index contributed by atoms with van der Waals surface area (Å²) in [5.74, 6) is -0.547. The Bertz CT molecular complexity index is 359. The van der Waals surface area contributed by atoms with E-state index in [1.807, 2.05) is 0 Å². The molecule has 16 heavy (non-hydrogen) atoms. The molecule has 5 heteroatoms. The standard InChI is InChI=1S/C11H13F4N/c1-7-2-3-8(9(12)6-7)10(16)4-5-11(13,14)15/h2-3,6,10H,4-5,16H2,1H3/t10-/m1/s1. The van der Waals surface area contributed by atoms with Gasteiger partial charge < -0.3 is 5.73 Å². The van der Waals surface area contributed by atoms with Crippen LogP contribution in [0.15, 0.2) is 18.2 Å². The molecule has 0 bridgehead atoms. The van der Waals surface area contributed by atoms with Gasteiger partial charge in [0, 0.05) is 18.0 Å². The molecular formula is C11H13F4N. The molecule has 1 nitrogen and oxygen atoms in total. The average Bonchev–Trinajstić information content (AvgIpc) is 2.13. The van der Waals surface area contributed by atoms with Crippen molar-refractivity contribution in [2.45, 2.75) is 32.0 Å². The van der Waals surface area contributed by atoms with Crippen molar-refractivity contribution in [2.24, 2.45) is 5.73 Å². The summed E-state index contributed by atoms with van der Waals surface area (Å²) in [6, 6.07) is 3.42. The largest absolute Gasteiger partial charge is 0.389 e. The van der Waals surface area contributed by atoms with Crippen molar-refractivity contribution in [1.29, 1.82) is 0 Å². The SMILES string of the molecule is Cc1ccc([C@H](N)CCC(F)(F)F)c(F)c1. The predicted octanol–water partition coefficient (Wildman–Crippen LogP) is 3.48. The Morgan fingerprint density at radius 1 is 1.31 bits per heavy atom. The molecule has 0 radical (unpaired) electrons. The number of halogens is 4. The molecule has 0 fully saturated rings. The summed E-state index contributed by atoms with van der Waals surface area (Å²) in [6.45, 7) is 1.70. The first-order valence-corrected chi connectivity index (χ1v) is 4.88. The molecule has 1 aromatic carbocycles. The van der Waals surface area contributed by atoms with Gasteiger partial charge in [0.1, 0.15) is 5.82 Å². The van der Waals surface area contributed by atoms with Crippen molar-refractivity contribution in [3.63, 3.8) is 0 Å². The molecule has 0 unspecified atom stereocenters. The minimum atomic E-state index is -4.25. The van der Waals surface area contributed by atoms with Crippen LogP contribution in [0.4, 0.5) is 17.6 Å². The van der Waals surface area contributed by atoms with E-state index in [4.69, 9.17) is 5.73 Å². The number of alkyl halides is 3.